The summed E-state index contributed by atoms with van der Waals surface area (Å²) in [5.41, 5.74) is 6.65. The van der Waals surface area contributed by atoms with Gasteiger partial charge in [0.05, 0.1) is 6.33 Å². The van der Waals surface area contributed by atoms with E-state index in [9.17, 15) is 0 Å². The molecule has 0 aliphatic carbocycles. The quantitative estimate of drug-likeness (QED) is 0.689. The van der Waals surface area contributed by atoms with E-state index in [-0.39, 0.29) is 5.82 Å². The van der Waals surface area contributed by atoms with E-state index in [0.29, 0.717) is 11.2 Å². The molecule has 4 rings (SSSR count). The lowest BCUT2D eigenvalue weighted by atomic mass is 9.82. The fourth-order valence-corrected chi connectivity index (χ4v) is 3.83. The maximum atomic E-state index is 15.2. The first-order valence-electron chi connectivity index (χ1n) is 7.99. The molecule has 1 fully saturated rings. The maximum Gasteiger partial charge on any atom is 0.211 e. The summed E-state index contributed by atoms with van der Waals surface area (Å²) in [6.45, 7) is 1.82. The van der Waals surface area contributed by atoms with Crippen LogP contribution in [0.4, 0.5) is 10.2 Å². The normalized spacial score (nSPS) is 25.6. The van der Waals surface area contributed by atoms with Gasteiger partial charge in [-0.1, -0.05) is 18.2 Å². The molecule has 0 bridgehead atoms. The SMILES string of the molecule is CO[C@H]1O[C@@H](n2cnc3c(N)ncnc32)[C@@H](F)[C@@H]1[B]Sc1ccccc1. The van der Waals surface area contributed by atoms with Crippen LogP contribution in [0.1, 0.15) is 6.23 Å². The third-order valence-electron chi connectivity index (χ3n) is 4.23. The smallest absolute Gasteiger partial charge is 0.211 e. The molecule has 0 saturated carbocycles. The molecule has 0 amide bonds. The molecule has 1 radical (unpaired) electrons. The molecule has 2 N–H and O–H groups in total. The summed E-state index contributed by atoms with van der Waals surface area (Å²) in [5, 5.41) is 0. The van der Waals surface area contributed by atoms with Gasteiger partial charge in [0, 0.05) is 12.9 Å². The number of nitrogen functional groups attached to an aromatic ring is 1. The fourth-order valence-electron chi connectivity index (χ4n) is 2.93. The van der Waals surface area contributed by atoms with Crippen LogP contribution in [-0.4, -0.2) is 45.6 Å². The van der Waals surface area contributed by atoms with Crippen LogP contribution >= 0.6 is 11.6 Å². The number of anilines is 1. The van der Waals surface area contributed by atoms with E-state index in [1.54, 1.807) is 0 Å². The van der Waals surface area contributed by atoms with E-state index in [1.807, 2.05) is 36.9 Å². The predicted octanol–water partition coefficient (Wildman–Crippen LogP) is 2.45. The molecule has 7 nitrogen and oxygen atoms in total. The number of imidazole rings is 1. The molecular weight excluding hydrogens is 356 g/mol. The van der Waals surface area contributed by atoms with Crippen LogP contribution in [0.25, 0.3) is 11.2 Å². The Hall–Kier alpha value is -2.17. The highest BCUT2D eigenvalue weighted by atomic mass is 32.2. The van der Waals surface area contributed by atoms with Crippen LogP contribution in [0.15, 0.2) is 47.9 Å². The van der Waals surface area contributed by atoms with Gasteiger partial charge in [-0.05, 0) is 17.0 Å². The molecule has 2 aromatic heterocycles. The first-order chi connectivity index (χ1) is 12.7. The molecule has 3 aromatic rings. The van der Waals surface area contributed by atoms with Crippen LogP contribution in [0.3, 0.4) is 0 Å². The van der Waals surface area contributed by atoms with Gasteiger partial charge in [-0.25, -0.2) is 19.3 Å². The molecule has 1 aliphatic heterocycles. The van der Waals surface area contributed by atoms with Gasteiger partial charge in [0.15, 0.2) is 24.0 Å². The number of alkyl halides is 1. The van der Waals surface area contributed by atoms with Crippen LogP contribution in [0, 0.1) is 0 Å². The van der Waals surface area contributed by atoms with Gasteiger partial charge >= 0.3 is 0 Å². The molecule has 133 valence electrons. The number of benzene rings is 1. The number of rotatable bonds is 5. The Morgan fingerprint density at radius 1 is 1.27 bits per heavy atom. The molecule has 0 spiro atoms. The monoisotopic (exact) mass is 372 g/mol. The summed E-state index contributed by atoms with van der Waals surface area (Å²) in [7, 11) is 1.50. The van der Waals surface area contributed by atoms with Crippen molar-refractivity contribution in [2.75, 3.05) is 12.8 Å². The van der Waals surface area contributed by atoms with Crippen molar-refractivity contribution in [3.05, 3.63) is 43.0 Å². The Labute approximate surface area is 154 Å². The van der Waals surface area contributed by atoms with Crippen molar-refractivity contribution in [2.24, 2.45) is 0 Å². The topological polar surface area (TPSA) is 88.1 Å². The molecule has 10 heteroatoms. The number of methoxy groups -OCH3 is 1. The molecule has 1 aliphatic rings. The highest BCUT2D eigenvalue weighted by Gasteiger charge is 2.47. The zero-order valence-electron chi connectivity index (χ0n) is 13.9. The third-order valence-corrected chi connectivity index (χ3v) is 5.22. The van der Waals surface area contributed by atoms with E-state index in [0.717, 1.165) is 4.90 Å². The Bertz CT molecular complexity index is 899. The van der Waals surface area contributed by atoms with Crippen LogP contribution in [-0.2, 0) is 9.47 Å². The number of aromatic nitrogens is 4. The molecule has 3 heterocycles. The highest BCUT2D eigenvalue weighted by molar-refractivity contribution is 8.22. The molecular formula is C16H16BFN5O2S. The minimum Gasteiger partial charge on any atom is -0.382 e. The fraction of sp³-hybridized carbons (Fsp3) is 0.312. The summed E-state index contributed by atoms with van der Waals surface area (Å²) in [6, 6.07) is 9.74. The summed E-state index contributed by atoms with van der Waals surface area (Å²) < 4.78 is 27.9. The van der Waals surface area contributed by atoms with Crippen molar-refractivity contribution in [1.29, 1.82) is 0 Å². The summed E-state index contributed by atoms with van der Waals surface area (Å²) in [5.74, 6) is -0.306. The first kappa shape index (κ1) is 17.3. The molecule has 1 aromatic carbocycles. The van der Waals surface area contributed by atoms with Gasteiger partial charge in [0.2, 0.25) is 6.56 Å². The largest absolute Gasteiger partial charge is 0.382 e. The minimum absolute atomic E-state index is 0.244. The average Bonchev–Trinajstić information content (AvgIpc) is 3.22. The van der Waals surface area contributed by atoms with Gasteiger partial charge in [-0.15, -0.1) is 0 Å². The van der Waals surface area contributed by atoms with Crippen molar-refractivity contribution in [3.63, 3.8) is 0 Å². The van der Waals surface area contributed by atoms with Gasteiger partial charge in [-0.2, -0.15) is 11.6 Å². The standard InChI is InChI=1S/C16H16BFN5O2S/c1-24-16-10(17-26-9-5-3-2-4-6-9)11(18)15(25-16)23-8-22-12-13(19)20-7-21-14(12)23/h2-8,10-11,15-16H,1H3,(H2,19,20,21)/t10-,11-,15+,16-/m0/s1. The van der Waals surface area contributed by atoms with Crippen LogP contribution < -0.4 is 5.73 Å². The second kappa shape index (κ2) is 7.22. The highest BCUT2D eigenvalue weighted by Crippen LogP contribution is 2.43. The number of ether oxygens (including phenoxy) is 2. The van der Waals surface area contributed by atoms with Gasteiger partial charge < -0.3 is 15.2 Å². The predicted molar refractivity (Wildman–Crippen MR) is 97.4 cm³/mol. The number of nitrogens with zero attached hydrogens (tertiary/aromatic N) is 4. The third kappa shape index (κ3) is 3.04. The summed E-state index contributed by atoms with van der Waals surface area (Å²) >= 11 is 1.45. The van der Waals surface area contributed by atoms with Crippen molar-refractivity contribution in [1.82, 2.24) is 19.5 Å². The molecule has 0 unspecified atom stereocenters. The van der Waals surface area contributed by atoms with Gasteiger partial charge in [0.1, 0.15) is 18.0 Å². The summed E-state index contributed by atoms with van der Waals surface area (Å²) in [4.78, 5) is 13.3. The lowest BCUT2D eigenvalue weighted by Gasteiger charge is -2.16. The first-order valence-corrected chi connectivity index (χ1v) is 8.87. The van der Waals surface area contributed by atoms with Crippen LogP contribution in [0.5, 0.6) is 0 Å². The lowest BCUT2D eigenvalue weighted by molar-refractivity contribution is -0.135. The van der Waals surface area contributed by atoms with E-state index < -0.39 is 24.5 Å². The number of halogens is 1. The number of hydrogen-bond acceptors (Lipinski definition) is 7. The maximum absolute atomic E-state index is 15.2. The Morgan fingerprint density at radius 3 is 2.85 bits per heavy atom. The number of hydrogen-bond donors (Lipinski definition) is 1. The molecule has 26 heavy (non-hydrogen) atoms. The summed E-state index contributed by atoms with van der Waals surface area (Å²) in [6.07, 6.45) is -0.155. The lowest BCUT2D eigenvalue weighted by Crippen LogP contribution is -2.22. The average molecular weight is 372 g/mol. The van der Waals surface area contributed by atoms with E-state index in [2.05, 4.69) is 15.0 Å². The zero-order valence-corrected chi connectivity index (χ0v) is 14.7. The number of fused-ring (bicyclic) bond motifs is 1. The van der Waals surface area contributed by atoms with E-state index in [1.165, 1.54) is 35.9 Å². The van der Waals surface area contributed by atoms with Crippen molar-refractivity contribution >= 4 is 35.2 Å². The molecule has 1 saturated heterocycles. The van der Waals surface area contributed by atoms with Gasteiger partial charge in [-0.3, -0.25) is 4.57 Å². The zero-order chi connectivity index (χ0) is 18.1. The Morgan fingerprint density at radius 2 is 2.08 bits per heavy atom. The Balaban J connectivity index is 1.57. The van der Waals surface area contributed by atoms with E-state index in [4.69, 9.17) is 15.2 Å². The number of nitrogens with two attached hydrogens (primary N) is 1. The van der Waals surface area contributed by atoms with Crippen molar-refractivity contribution in [2.45, 2.75) is 29.4 Å². The van der Waals surface area contributed by atoms with Gasteiger partial charge in [0.25, 0.3) is 0 Å². The van der Waals surface area contributed by atoms with E-state index >= 15 is 4.39 Å². The Kier molecular flexibility index (Phi) is 4.79. The van der Waals surface area contributed by atoms with Crippen molar-refractivity contribution < 1.29 is 13.9 Å². The van der Waals surface area contributed by atoms with Crippen LogP contribution in [0.2, 0.25) is 5.82 Å². The molecule has 4 atom stereocenters. The van der Waals surface area contributed by atoms with Crippen molar-refractivity contribution in [3.8, 4) is 0 Å². The minimum atomic E-state index is -1.33. The second-order valence-electron chi connectivity index (χ2n) is 5.80. The second-order valence-corrected chi connectivity index (χ2v) is 6.78.